The maximum absolute atomic E-state index is 12.1. The number of para-hydroxylation sites is 1. The third-order valence-corrected chi connectivity index (χ3v) is 3.75. The second-order valence-corrected chi connectivity index (χ2v) is 5.31. The molecule has 0 unspecified atom stereocenters. The van der Waals surface area contributed by atoms with E-state index in [2.05, 4.69) is 5.32 Å². The molecule has 0 aliphatic heterocycles. The first-order valence-electron chi connectivity index (χ1n) is 6.92. The molecule has 1 aromatic rings. The first-order valence-corrected chi connectivity index (χ1v) is 6.92. The summed E-state index contributed by atoms with van der Waals surface area (Å²) in [7, 11) is 1.75. The number of hydrogen-bond donors (Lipinski definition) is 2. The Kier molecular flexibility index (Phi) is 4.61. The molecular weight excluding hydrogens is 256 g/mol. The summed E-state index contributed by atoms with van der Waals surface area (Å²) < 4.78 is 0. The van der Waals surface area contributed by atoms with E-state index in [9.17, 15) is 9.59 Å². The van der Waals surface area contributed by atoms with E-state index >= 15 is 0 Å². The number of carboxylic acids is 1. The largest absolute Gasteiger partial charge is 0.478 e. The van der Waals surface area contributed by atoms with E-state index in [1.807, 2.05) is 0 Å². The van der Waals surface area contributed by atoms with Crippen LogP contribution < -0.4 is 5.32 Å². The molecule has 1 saturated carbocycles. The average Bonchev–Trinajstić information content (AvgIpc) is 2.91. The number of carboxylic acid groups (broad SMARTS) is 1. The second-order valence-electron chi connectivity index (χ2n) is 5.31. The van der Waals surface area contributed by atoms with Crippen LogP contribution in [0.4, 0.5) is 10.5 Å². The molecule has 1 aliphatic carbocycles. The van der Waals surface area contributed by atoms with Crippen molar-refractivity contribution in [1.29, 1.82) is 0 Å². The van der Waals surface area contributed by atoms with Crippen LogP contribution in [0.25, 0.3) is 0 Å². The normalized spacial score (nSPS) is 15.1. The Hall–Kier alpha value is -2.04. The maximum atomic E-state index is 12.1. The van der Waals surface area contributed by atoms with Gasteiger partial charge in [0.15, 0.2) is 0 Å². The molecule has 0 aromatic heterocycles. The highest BCUT2D eigenvalue weighted by Gasteiger charge is 2.20. The molecule has 2 amide bonds. The van der Waals surface area contributed by atoms with Gasteiger partial charge in [0.05, 0.1) is 11.3 Å². The van der Waals surface area contributed by atoms with E-state index in [0.29, 0.717) is 11.6 Å². The molecule has 0 heterocycles. The molecule has 0 spiro atoms. The summed E-state index contributed by atoms with van der Waals surface area (Å²) in [5.74, 6) is -0.472. The van der Waals surface area contributed by atoms with E-state index in [4.69, 9.17) is 5.11 Å². The number of carbonyl (C=O) groups excluding carboxylic acids is 1. The number of amides is 2. The van der Waals surface area contributed by atoms with Gasteiger partial charge in [0.25, 0.3) is 0 Å². The van der Waals surface area contributed by atoms with Crippen LogP contribution in [0.3, 0.4) is 0 Å². The summed E-state index contributed by atoms with van der Waals surface area (Å²) in [6.45, 7) is 0.723. The van der Waals surface area contributed by atoms with E-state index in [1.165, 1.54) is 31.7 Å². The Morgan fingerprint density at radius 3 is 2.60 bits per heavy atom. The maximum Gasteiger partial charge on any atom is 0.337 e. The smallest absolute Gasteiger partial charge is 0.337 e. The third-order valence-electron chi connectivity index (χ3n) is 3.75. The number of nitrogens with one attached hydrogen (secondary N) is 1. The van der Waals surface area contributed by atoms with E-state index in [-0.39, 0.29) is 11.6 Å². The third kappa shape index (κ3) is 3.50. The van der Waals surface area contributed by atoms with Crippen molar-refractivity contribution in [3.63, 3.8) is 0 Å². The average molecular weight is 276 g/mol. The fourth-order valence-electron chi connectivity index (χ4n) is 2.65. The van der Waals surface area contributed by atoms with Crippen LogP contribution in [0.2, 0.25) is 0 Å². The zero-order valence-corrected chi connectivity index (χ0v) is 11.6. The van der Waals surface area contributed by atoms with Crippen molar-refractivity contribution >= 4 is 17.7 Å². The monoisotopic (exact) mass is 276 g/mol. The van der Waals surface area contributed by atoms with Crippen LogP contribution >= 0.6 is 0 Å². The van der Waals surface area contributed by atoms with Crippen molar-refractivity contribution in [1.82, 2.24) is 4.90 Å². The van der Waals surface area contributed by atoms with Crippen molar-refractivity contribution in [2.45, 2.75) is 25.7 Å². The summed E-state index contributed by atoms with van der Waals surface area (Å²) in [6.07, 6.45) is 4.82. The number of aromatic carboxylic acids is 1. The molecule has 20 heavy (non-hydrogen) atoms. The molecule has 1 aliphatic rings. The molecule has 108 valence electrons. The zero-order valence-electron chi connectivity index (χ0n) is 11.6. The SMILES string of the molecule is CN(CC1CCCC1)C(=O)Nc1ccccc1C(=O)O. The first-order chi connectivity index (χ1) is 9.58. The van der Waals surface area contributed by atoms with Crippen LogP contribution in [0.5, 0.6) is 0 Å². The summed E-state index contributed by atoms with van der Waals surface area (Å²) in [5.41, 5.74) is 0.443. The van der Waals surface area contributed by atoms with Gasteiger partial charge in [-0.25, -0.2) is 9.59 Å². The highest BCUT2D eigenvalue weighted by atomic mass is 16.4. The summed E-state index contributed by atoms with van der Waals surface area (Å²) in [4.78, 5) is 24.8. The Labute approximate surface area is 118 Å². The Morgan fingerprint density at radius 1 is 1.30 bits per heavy atom. The van der Waals surface area contributed by atoms with Crippen LogP contribution in [0.1, 0.15) is 36.0 Å². The molecular formula is C15H20N2O3. The highest BCUT2D eigenvalue weighted by Crippen LogP contribution is 2.25. The van der Waals surface area contributed by atoms with Gasteiger partial charge >= 0.3 is 12.0 Å². The van der Waals surface area contributed by atoms with Gasteiger partial charge in [0, 0.05) is 13.6 Å². The first kappa shape index (κ1) is 14.4. The molecule has 5 heteroatoms. The number of carbonyl (C=O) groups is 2. The minimum atomic E-state index is -1.04. The van der Waals surface area contributed by atoms with Gasteiger partial charge in [-0.15, -0.1) is 0 Å². The molecule has 5 nitrogen and oxygen atoms in total. The molecule has 1 fully saturated rings. The van der Waals surface area contributed by atoms with Crippen LogP contribution in [0, 0.1) is 5.92 Å². The van der Waals surface area contributed by atoms with Crippen LogP contribution in [0.15, 0.2) is 24.3 Å². The minimum Gasteiger partial charge on any atom is -0.478 e. The molecule has 2 rings (SSSR count). The lowest BCUT2D eigenvalue weighted by molar-refractivity contribution is 0.0698. The van der Waals surface area contributed by atoms with Gasteiger partial charge in [-0.1, -0.05) is 25.0 Å². The number of anilines is 1. The quantitative estimate of drug-likeness (QED) is 0.888. The van der Waals surface area contributed by atoms with Gasteiger partial charge in [-0.05, 0) is 30.9 Å². The van der Waals surface area contributed by atoms with Gasteiger partial charge in [-0.3, -0.25) is 0 Å². The van der Waals surface area contributed by atoms with E-state index < -0.39 is 5.97 Å². The lowest BCUT2D eigenvalue weighted by atomic mass is 10.1. The predicted octanol–water partition coefficient (Wildman–Crippen LogP) is 3.04. The van der Waals surface area contributed by atoms with Crippen molar-refractivity contribution in [3.05, 3.63) is 29.8 Å². The molecule has 0 atom stereocenters. The molecule has 2 N–H and O–H groups in total. The number of nitrogens with zero attached hydrogens (tertiary/aromatic N) is 1. The fraction of sp³-hybridized carbons (Fsp3) is 0.467. The van der Waals surface area contributed by atoms with Gasteiger partial charge in [0.1, 0.15) is 0 Å². The van der Waals surface area contributed by atoms with Crippen molar-refractivity contribution in [2.24, 2.45) is 5.92 Å². The highest BCUT2D eigenvalue weighted by molar-refractivity contribution is 5.99. The van der Waals surface area contributed by atoms with Crippen LogP contribution in [-0.4, -0.2) is 35.6 Å². The molecule has 0 saturated heterocycles. The minimum absolute atomic E-state index is 0.107. The number of hydrogen-bond acceptors (Lipinski definition) is 2. The van der Waals surface area contributed by atoms with Gasteiger partial charge in [0.2, 0.25) is 0 Å². The number of benzene rings is 1. The van der Waals surface area contributed by atoms with E-state index in [0.717, 1.165) is 6.54 Å². The second kappa shape index (κ2) is 6.41. The van der Waals surface area contributed by atoms with Crippen molar-refractivity contribution < 1.29 is 14.7 Å². The topological polar surface area (TPSA) is 69.6 Å². The number of urea groups is 1. The Bertz CT molecular complexity index is 496. The predicted molar refractivity (Wildman–Crippen MR) is 77.0 cm³/mol. The standard InChI is InChI=1S/C15H20N2O3/c1-17(10-11-6-2-3-7-11)15(20)16-13-9-5-4-8-12(13)14(18)19/h4-5,8-9,11H,2-3,6-7,10H2,1H3,(H,16,20)(H,18,19). The summed E-state index contributed by atoms with van der Waals surface area (Å²) >= 11 is 0. The lowest BCUT2D eigenvalue weighted by Gasteiger charge is -2.22. The van der Waals surface area contributed by atoms with E-state index in [1.54, 1.807) is 30.1 Å². The van der Waals surface area contributed by atoms with Gasteiger partial charge in [-0.2, -0.15) is 0 Å². The Morgan fingerprint density at radius 2 is 1.95 bits per heavy atom. The summed E-state index contributed by atoms with van der Waals surface area (Å²) in [5, 5.41) is 11.8. The molecule has 0 radical (unpaired) electrons. The van der Waals surface area contributed by atoms with Gasteiger partial charge < -0.3 is 15.3 Å². The molecule has 0 bridgehead atoms. The van der Waals surface area contributed by atoms with Crippen molar-refractivity contribution in [3.8, 4) is 0 Å². The lowest BCUT2D eigenvalue weighted by Crippen LogP contribution is -2.35. The zero-order chi connectivity index (χ0) is 14.5. The van der Waals surface area contributed by atoms with Crippen LogP contribution in [-0.2, 0) is 0 Å². The number of rotatable bonds is 4. The molecule has 1 aromatic carbocycles. The van der Waals surface area contributed by atoms with Crippen molar-refractivity contribution in [2.75, 3.05) is 18.9 Å². The fourth-order valence-corrected chi connectivity index (χ4v) is 2.65. The summed E-state index contributed by atoms with van der Waals surface area (Å²) in [6, 6.07) is 6.17. The Balaban J connectivity index is 1.98.